The van der Waals surface area contributed by atoms with Crippen LogP contribution in [0.5, 0.6) is 0 Å². The molecule has 1 heterocycles. The summed E-state index contributed by atoms with van der Waals surface area (Å²) in [7, 11) is -2.20. The summed E-state index contributed by atoms with van der Waals surface area (Å²) >= 11 is 0. The molecule has 0 spiro atoms. The normalized spacial score (nSPS) is 11.4. The molecule has 0 bridgehead atoms. The molecule has 0 saturated carbocycles. The van der Waals surface area contributed by atoms with Gasteiger partial charge in [-0.15, -0.1) is 0 Å². The highest BCUT2D eigenvalue weighted by Gasteiger charge is 2.19. The number of carbonyl (C=O) groups excluding carboxylic acids is 1. The molecule has 1 rings (SSSR count). The number of nitrogens with one attached hydrogen (secondary N) is 3. The van der Waals surface area contributed by atoms with Crippen molar-refractivity contribution in [3.05, 3.63) is 11.9 Å². The molecular formula is C9H16N4O4S. The molecule has 0 atom stereocenters. The van der Waals surface area contributed by atoms with E-state index in [1.54, 1.807) is 6.92 Å². The molecule has 0 fully saturated rings. The lowest BCUT2D eigenvalue weighted by Crippen LogP contribution is -2.38. The van der Waals surface area contributed by atoms with E-state index in [0.717, 1.165) is 0 Å². The molecule has 1 amide bonds. The highest BCUT2D eigenvalue weighted by molar-refractivity contribution is 7.89. The first-order valence-electron chi connectivity index (χ1n) is 5.22. The van der Waals surface area contributed by atoms with Gasteiger partial charge < -0.3 is 10.1 Å². The van der Waals surface area contributed by atoms with Gasteiger partial charge in [0.2, 0.25) is 15.9 Å². The van der Waals surface area contributed by atoms with Crippen LogP contribution in [0.4, 0.5) is 0 Å². The summed E-state index contributed by atoms with van der Waals surface area (Å²) in [6.07, 6.45) is 1.19. The van der Waals surface area contributed by atoms with E-state index >= 15 is 0 Å². The van der Waals surface area contributed by atoms with Crippen LogP contribution in [0.3, 0.4) is 0 Å². The molecule has 0 unspecified atom stereocenters. The summed E-state index contributed by atoms with van der Waals surface area (Å²) in [4.78, 5) is 11.3. The Morgan fingerprint density at radius 3 is 2.83 bits per heavy atom. The van der Waals surface area contributed by atoms with Gasteiger partial charge in [0.15, 0.2) is 0 Å². The fourth-order valence-electron chi connectivity index (χ4n) is 1.20. The average Bonchev–Trinajstić information content (AvgIpc) is 2.74. The summed E-state index contributed by atoms with van der Waals surface area (Å²) < 4.78 is 30.5. The van der Waals surface area contributed by atoms with Gasteiger partial charge >= 0.3 is 0 Å². The summed E-state index contributed by atoms with van der Waals surface area (Å²) in [5.41, 5.74) is 0.419. The quantitative estimate of drug-likeness (QED) is 0.539. The molecule has 0 aromatic carbocycles. The number of aryl methyl sites for hydroxylation is 1. The van der Waals surface area contributed by atoms with E-state index in [1.165, 1.54) is 13.3 Å². The molecular weight excluding hydrogens is 260 g/mol. The van der Waals surface area contributed by atoms with Crippen LogP contribution >= 0.6 is 0 Å². The molecule has 1 aromatic heterocycles. The first-order valence-corrected chi connectivity index (χ1v) is 6.71. The first kappa shape index (κ1) is 14.6. The zero-order valence-corrected chi connectivity index (χ0v) is 11.0. The minimum absolute atomic E-state index is 0.0344. The van der Waals surface area contributed by atoms with Gasteiger partial charge in [0.1, 0.15) is 4.90 Å². The second kappa shape index (κ2) is 6.47. The minimum atomic E-state index is -3.71. The number of methoxy groups -OCH3 is 1. The SMILES string of the molecule is COCCNC(=O)CNS(=O)(=O)c1cn[nH]c1C. The summed E-state index contributed by atoms with van der Waals surface area (Å²) in [5.74, 6) is -0.420. The van der Waals surface area contributed by atoms with Crippen molar-refractivity contribution in [3.63, 3.8) is 0 Å². The fraction of sp³-hybridized carbons (Fsp3) is 0.556. The van der Waals surface area contributed by atoms with Crippen LogP contribution < -0.4 is 10.0 Å². The average molecular weight is 276 g/mol. The second-order valence-electron chi connectivity index (χ2n) is 3.53. The number of amides is 1. The Kier molecular flexibility index (Phi) is 5.25. The molecule has 18 heavy (non-hydrogen) atoms. The number of nitrogens with zero attached hydrogens (tertiary/aromatic N) is 1. The summed E-state index contributed by atoms with van der Waals surface area (Å²) in [6.45, 7) is 1.97. The van der Waals surface area contributed by atoms with Crippen molar-refractivity contribution in [1.29, 1.82) is 0 Å². The number of carbonyl (C=O) groups is 1. The summed E-state index contributed by atoms with van der Waals surface area (Å²) in [5, 5.41) is 8.63. The third-order valence-electron chi connectivity index (χ3n) is 2.12. The number of H-pyrrole nitrogens is 1. The Bertz CT molecular complexity index is 496. The van der Waals surface area contributed by atoms with E-state index in [0.29, 0.717) is 18.8 Å². The third-order valence-corrected chi connectivity index (χ3v) is 3.64. The Morgan fingerprint density at radius 2 is 2.28 bits per heavy atom. The number of aromatic amines is 1. The standard InChI is InChI=1S/C9H16N4O4S/c1-7-8(5-11-13-7)18(15,16)12-6-9(14)10-3-4-17-2/h5,12H,3-4,6H2,1-2H3,(H,10,14)(H,11,13). The number of hydrogen-bond acceptors (Lipinski definition) is 5. The molecule has 0 aliphatic heterocycles. The first-order chi connectivity index (χ1) is 8.47. The monoisotopic (exact) mass is 276 g/mol. The molecule has 0 aliphatic rings. The number of ether oxygens (including phenoxy) is 1. The van der Waals surface area contributed by atoms with Gasteiger partial charge in [-0.05, 0) is 6.92 Å². The smallest absolute Gasteiger partial charge is 0.244 e. The van der Waals surface area contributed by atoms with Crippen LogP contribution in [0.1, 0.15) is 5.69 Å². The molecule has 0 aliphatic carbocycles. The minimum Gasteiger partial charge on any atom is -0.383 e. The Hall–Kier alpha value is -1.45. The Labute approximate surface area is 105 Å². The van der Waals surface area contributed by atoms with Gasteiger partial charge in [-0.25, -0.2) is 13.1 Å². The van der Waals surface area contributed by atoms with Crippen molar-refractivity contribution >= 4 is 15.9 Å². The lowest BCUT2D eigenvalue weighted by Gasteiger charge is -2.06. The third kappa shape index (κ3) is 4.09. The topological polar surface area (TPSA) is 113 Å². The van der Waals surface area contributed by atoms with Gasteiger partial charge in [0, 0.05) is 13.7 Å². The molecule has 102 valence electrons. The van der Waals surface area contributed by atoms with E-state index in [1.807, 2.05) is 0 Å². The predicted octanol–water partition coefficient (Wildman–Crippen LogP) is -1.24. The van der Waals surface area contributed by atoms with E-state index in [4.69, 9.17) is 4.74 Å². The van der Waals surface area contributed by atoms with Gasteiger partial charge in [-0.2, -0.15) is 5.10 Å². The van der Waals surface area contributed by atoms with Crippen molar-refractivity contribution < 1.29 is 17.9 Å². The highest BCUT2D eigenvalue weighted by atomic mass is 32.2. The van der Waals surface area contributed by atoms with Crippen LogP contribution in [0.2, 0.25) is 0 Å². The maximum Gasteiger partial charge on any atom is 0.244 e. The van der Waals surface area contributed by atoms with Crippen LogP contribution in [0.15, 0.2) is 11.1 Å². The van der Waals surface area contributed by atoms with Gasteiger partial charge in [0.05, 0.1) is 25.0 Å². The maximum atomic E-state index is 11.8. The molecule has 0 radical (unpaired) electrons. The zero-order chi connectivity index (χ0) is 13.6. The lowest BCUT2D eigenvalue weighted by atomic mass is 10.5. The number of rotatable bonds is 7. The molecule has 1 aromatic rings. The van der Waals surface area contributed by atoms with Crippen molar-refractivity contribution in [2.45, 2.75) is 11.8 Å². The molecule has 8 nitrogen and oxygen atoms in total. The molecule has 9 heteroatoms. The maximum absolute atomic E-state index is 11.8. The highest BCUT2D eigenvalue weighted by Crippen LogP contribution is 2.09. The van der Waals surface area contributed by atoms with Gasteiger partial charge in [0.25, 0.3) is 0 Å². The van der Waals surface area contributed by atoms with Crippen molar-refractivity contribution in [2.24, 2.45) is 0 Å². The van der Waals surface area contributed by atoms with Crippen LogP contribution in [-0.4, -0.2) is 51.3 Å². The van der Waals surface area contributed by atoms with Gasteiger partial charge in [-0.1, -0.05) is 0 Å². The number of hydrogen-bond donors (Lipinski definition) is 3. The van der Waals surface area contributed by atoms with E-state index in [2.05, 4.69) is 20.2 Å². The largest absolute Gasteiger partial charge is 0.383 e. The summed E-state index contributed by atoms with van der Waals surface area (Å²) in [6, 6.07) is 0. The number of aromatic nitrogens is 2. The lowest BCUT2D eigenvalue weighted by molar-refractivity contribution is -0.120. The van der Waals surface area contributed by atoms with Crippen LogP contribution in [0, 0.1) is 6.92 Å². The van der Waals surface area contributed by atoms with Gasteiger partial charge in [-0.3, -0.25) is 9.89 Å². The van der Waals surface area contributed by atoms with Crippen molar-refractivity contribution in [1.82, 2.24) is 20.2 Å². The number of sulfonamides is 1. The van der Waals surface area contributed by atoms with E-state index in [9.17, 15) is 13.2 Å². The van der Waals surface area contributed by atoms with E-state index in [-0.39, 0.29) is 11.4 Å². The van der Waals surface area contributed by atoms with Crippen LogP contribution in [0.25, 0.3) is 0 Å². The molecule has 3 N–H and O–H groups in total. The predicted molar refractivity (Wildman–Crippen MR) is 63.4 cm³/mol. The zero-order valence-electron chi connectivity index (χ0n) is 10.2. The Balaban J connectivity index is 2.48. The fourth-order valence-corrected chi connectivity index (χ4v) is 2.32. The van der Waals surface area contributed by atoms with Crippen LogP contribution in [-0.2, 0) is 19.6 Å². The van der Waals surface area contributed by atoms with Crippen molar-refractivity contribution in [3.8, 4) is 0 Å². The van der Waals surface area contributed by atoms with E-state index < -0.39 is 15.9 Å². The second-order valence-corrected chi connectivity index (χ2v) is 5.26. The molecule has 0 saturated heterocycles. The van der Waals surface area contributed by atoms with Crippen molar-refractivity contribution in [2.75, 3.05) is 26.8 Å². The Morgan fingerprint density at radius 1 is 1.56 bits per heavy atom.